The van der Waals surface area contributed by atoms with E-state index < -0.39 is 5.82 Å². The van der Waals surface area contributed by atoms with Crippen LogP contribution in [0.4, 0.5) is 4.39 Å². The van der Waals surface area contributed by atoms with Gasteiger partial charge in [-0.2, -0.15) is 0 Å². The zero-order chi connectivity index (χ0) is 14.5. The molecule has 1 fully saturated rings. The van der Waals surface area contributed by atoms with Crippen LogP contribution in [-0.2, 0) is 0 Å². The van der Waals surface area contributed by atoms with Gasteiger partial charge in [-0.15, -0.1) is 12.4 Å². The third-order valence-corrected chi connectivity index (χ3v) is 4.15. The molecule has 21 heavy (non-hydrogen) atoms. The molecule has 1 aromatic carbocycles. The number of amides is 1. The molecule has 0 bridgehead atoms. The van der Waals surface area contributed by atoms with Gasteiger partial charge >= 0.3 is 0 Å². The number of hydrogen-bond acceptors (Lipinski definition) is 2. The summed E-state index contributed by atoms with van der Waals surface area (Å²) in [6, 6.07) is 4.37. The summed E-state index contributed by atoms with van der Waals surface area (Å²) < 4.78 is 13.4. The lowest BCUT2D eigenvalue weighted by Gasteiger charge is -2.32. The van der Waals surface area contributed by atoms with E-state index >= 15 is 0 Å². The van der Waals surface area contributed by atoms with E-state index in [1.165, 1.54) is 12.1 Å². The van der Waals surface area contributed by atoms with Crippen LogP contribution in [0, 0.1) is 11.7 Å². The molecule has 1 saturated heterocycles. The van der Waals surface area contributed by atoms with Crippen LogP contribution in [0.3, 0.4) is 0 Å². The minimum absolute atomic E-state index is 0. The molecule has 3 nitrogen and oxygen atoms in total. The van der Waals surface area contributed by atoms with Gasteiger partial charge in [-0.3, -0.25) is 4.79 Å². The van der Waals surface area contributed by atoms with Gasteiger partial charge < -0.3 is 10.2 Å². The molecular formula is C15H21Cl2FN2O. The zero-order valence-electron chi connectivity index (χ0n) is 12.1. The molecule has 0 saturated carbocycles. The van der Waals surface area contributed by atoms with Gasteiger partial charge in [0.1, 0.15) is 5.82 Å². The normalized spacial score (nSPS) is 15.7. The highest BCUT2D eigenvalue weighted by molar-refractivity contribution is 6.34. The molecule has 2 rings (SSSR count). The molecule has 1 amide bonds. The summed E-state index contributed by atoms with van der Waals surface area (Å²) in [5.41, 5.74) is 0.261. The van der Waals surface area contributed by atoms with Crippen LogP contribution in [0.2, 0.25) is 5.02 Å². The summed E-state index contributed by atoms with van der Waals surface area (Å²) >= 11 is 5.87. The number of piperidine rings is 1. The van der Waals surface area contributed by atoms with Crippen molar-refractivity contribution in [1.82, 2.24) is 10.2 Å². The Balaban J connectivity index is 0.00000220. The van der Waals surface area contributed by atoms with Gasteiger partial charge in [0.05, 0.1) is 10.6 Å². The predicted octanol–water partition coefficient (Wildman–Crippen LogP) is 3.36. The van der Waals surface area contributed by atoms with Crippen LogP contribution >= 0.6 is 24.0 Å². The second-order valence-electron chi connectivity index (χ2n) is 5.14. The van der Waals surface area contributed by atoms with Crippen LogP contribution in [0.15, 0.2) is 18.2 Å². The van der Waals surface area contributed by atoms with Crippen molar-refractivity contribution in [1.29, 1.82) is 0 Å². The minimum atomic E-state index is -0.542. The molecule has 0 unspecified atom stereocenters. The predicted molar refractivity (Wildman–Crippen MR) is 85.8 cm³/mol. The first-order chi connectivity index (χ1) is 9.63. The molecule has 1 aliphatic heterocycles. The van der Waals surface area contributed by atoms with Crippen molar-refractivity contribution in [3.05, 3.63) is 34.6 Å². The molecule has 0 spiro atoms. The fourth-order valence-corrected chi connectivity index (χ4v) is 2.73. The number of nitrogens with zero attached hydrogens (tertiary/aromatic N) is 1. The molecule has 1 aliphatic rings. The lowest BCUT2D eigenvalue weighted by molar-refractivity contribution is 0.0690. The van der Waals surface area contributed by atoms with Crippen molar-refractivity contribution < 1.29 is 9.18 Å². The zero-order valence-corrected chi connectivity index (χ0v) is 13.6. The standard InChI is InChI=1S/C15H20ClFN2O.ClH/c1-2-18-10-11-6-8-19(9-7-11)15(20)12-4-3-5-13(17)14(12)16;/h3-5,11,18H,2,6-10H2,1H3;1H. The van der Waals surface area contributed by atoms with Crippen LogP contribution in [0.5, 0.6) is 0 Å². The van der Waals surface area contributed by atoms with Crippen LogP contribution in [0.25, 0.3) is 0 Å². The van der Waals surface area contributed by atoms with Crippen molar-refractivity contribution in [2.24, 2.45) is 5.92 Å². The number of carbonyl (C=O) groups is 1. The molecule has 6 heteroatoms. The van der Waals surface area contributed by atoms with Gasteiger partial charge in [-0.1, -0.05) is 24.6 Å². The highest BCUT2D eigenvalue weighted by Crippen LogP contribution is 2.24. The van der Waals surface area contributed by atoms with Gasteiger partial charge in [-0.05, 0) is 44.0 Å². The summed E-state index contributed by atoms with van der Waals surface area (Å²) in [6.45, 7) is 5.48. The Morgan fingerprint density at radius 2 is 2.10 bits per heavy atom. The Kier molecular flexibility index (Phi) is 7.43. The van der Waals surface area contributed by atoms with Crippen molar-refractivity contribution in [3.8, 4) is 0 Å². The third-order valence-electron chi connectivity index (χ3n) is 3.77. The van der Waals surface area contributed by atoms with Crippen molar-refractivity contribution in [2.45, 2.75) is 19.8 Å². The topological polar surface area (TPSA) is 32.3 Å². The first-order valence-electron chi connectivity index (χ1n) is 7.07. The first kappa shape index (κ1) is 18.2. The van der Waals surface area contributed by atoms with E-state index in [2.05, 4.69) is 12.2 Å². The Bertz CT molecular complexity index is 477. The number of benzene rings is 1. The largest absolute Gasteiger partial charge is 0.339 e. The highest BCUT2D eigenvalue weighted by Gasteiger charge is 2.25. The average molecular weight is 335 g/mol. The van der Waals surface area contributed by atoms with E-state index in [9.17, 15) is 9.18 Å². The van der Waals surface area contributed by atoms with Crippen LogP contribution in [0.1, 0.15) is 30.1 Å². The maximum absolute atomic E-state index is 13.4. The quantitative estimate of drug-likeness (QED) is 0.915. The smallest absolute Gasteiger partial charge is 0.255 e. The average Bonchev–Trinajstić information content (AvgIpc) is 2.48. The number of halogens is 3. The van der Waals surface area contributed by atoms with E-state index in [1.807, 2.05) is 0 Å². The van der Waals surface area contributed by atoms with Crippen molar-refractivity contribution in [2.75, 3.05) is 26.2 Å². The lowest BCUT2D eigenvalue weighted by Crippen LogP contribution is -2.40. The Morgan fingerprint density at radius 1 is 1.43 bits per heavy atom. The first-order valence-corrected chi connectivity index (χ1v) is 7.45. The summed E-state index contributed by atoms with van der Waals surface area (Å²) in [6.07, 6.45) is 1.96. The van der Waals surface area contributed by atoms with Gasteiger partial charge in [0.25, 0.3) is 5.91 Å². The highest BCUT2D eigenvalue weighted by atomic mass is 35.5. The van der Waals surface area contributed by atoms with Gasteiger partial charge in [-0.25, -0.2) is 4.39 Å². The monoisotopic (exact) mass is 334 g/mol. The second kappa shape index (κ2) is 8.57. The Hall–Kier alpha value is -0.840. The van der Waals surface area contributed by atoms with E-state index in [0.717, 1.165) is 25.9 Å². The SMILES string of the molecule is CCNCC1CCN(C(=O)c2cccc(F)c2Cl)CC1.Cl. The lowest BCUT2D eigenvalue weighted by atomic mass is 9.96. The van der Waals surface area contributed by atoms with Crippen molar-refractivity contribution >= 4 is 29.9 Å². The molecule has 0 atom stereocenters. The molecule has 0 aliphatic carbocycles. The maximum atomic E-state index is 13.4. The Morgan fingerprint density at radius 3 is 2.71 bits per heavy atom. The molecule has 1 N–H and O–H groups in total. The van der Waals surface area contributed by atoms with E-state index in [1.54, 1.807) is 11.0 Å². The van der Waals surface area contributed by atoms with E-state index in [0.29, 0.717) is 19.0 Å². The molecule has 1 heterocycles. The summed E-state index contributed by atoms with van der Waals surface area (Å²) in [5.74, 6) is -0.0991. The summed E-state index contributed by atoms with van der Waals surface area (Å²) in [7, 11) is 0. The molecule has 118 valence electrons. The third kappa shape index (κ3) is 4.56. The number of rotatable bonds is 4. The van der Waals surface area contributed by atoms with Gasteiger partial charge in [0.15, 0.2) is 0 Å². The number of carbonyl (C=O) groups excluding carboxylic acids is 1. The Labute approximate surface area is 136 Å². The fraction of sp³-hybridized carbons (Fsp3) is 0.533. The number of hydrogen-bond donors (Lipinski definition) is 1. The van der Waals surface area contributed by atoms with E-state index in [-0.39, 0.29) is 28.9 Å². The van der Waals surface area contributed by atoms with Gasteiger partial charge in [0.2, 0.25) is 0 Å². The number of nitrogens with one attached hydrogen (secondary N) is 1. The minimum Gasteiger partial charge on any atom is -0.339 e. The molecule has 1 aromatic rings. The maximum Gasteiger partial charge on any atom is 0.255 e. The van der Waals surface area contributed by atoms with Crippen LogP contribution in [-0.4, -0.2) is 37.0 Å². The summed E-state index contributed by atoms with van der Waals surface area (Å²) in [4.78, 5) is 14.1. The summed E-state index contributed by atoms with van der Waals surface area (Å²) in [5, 5.41) is 3.26. The van der Waals surface area contributed by atoms with Crippen LogP contribution < -0.4 is 5.32 Å². The molecular weight excluding hydrogens is 314 g/mol. The molecule has 0 aromatic heterocycles. The fourth-order valence-electron chi connectivity index (χ4n) is 2.53. The van der Waals surface area contributed by atoms with Gasteiger partial charge in [0, 0.05) is 13.1 Å². The van der Waals surface area contributed by atoms with Crippen molar-refractivity contribution in [3.63, 3.8) is 0 Å². The molecule has 0 radical (unpaired) electrons. The number of likely N-dealkylation sites (tertiary alicyclic amines) is 1. The van der Waals surface area contributed by atoms with E-state index in [4.69, 9.17) is 11.6 Å². The second-order valence-corrected chi connectivity index (χ2v) is 5.52.